The molecule has 3 N–H and O–H groups in total. The van der Waals surface area contributed by atoms with E-state index < -0.39 is 0 Å². The number of nitrogens with two attached hydrogens (primary N) is 1. The van der Waals surface area contributed by atoms with Gasteiger partial charge in [0.2, 0.25) is 5.91 Å². The summed E-state index contributed by atoms with van der Waals surface area (Å²) >= 11 is 0. The van der Waals surface area contributed by atoms with Gasteiger partial charge in [0.15, 0.2) is 5.75 Å². The van der Waals surface area contributed by atoms with E-state index in [0.717, 1.165) is 12.8 Å². The van der Waals surface area contributed by atoms with Crippen LogP contribution in [0.3, 0.4) is 0 Å². The first kappa shape index (κ1) is 10.7. The molecule has 1 heterocycles. The highest BCUT2D eigenvalue weighted by Crippen LogP contribution is 2.30. The average Bonchev–Trinajstić information content (AvgIpc) is 3.05. The van der Waals surface area contributed by atoms with Gasteiger partial charge in [-0.1, -0.05) is 0 Å². The summed E-state index contributed by atoms with van der Waals surface area (Å²) < 4.78 is 5.26. The maximum atomic E-state index is 11.5. The van der Waals surface area contributed by atoms with E-state index in [-0.39, 0.29) is 11.8 Å². The lowest BCUT2D eigenvalue weighted by molar-refractivity contribution is -0.117. The predicted octanol–water partition coefficient (Wildman–Crippen LogP) is 1.41. The third kappa shape index (κ3) is 2.42. The van der Waals surface area contributed by atoms with Crippen molar-refractivity contribution in [1.29, 1.82) is 0 Å². The van der Waals surface area contributed by atoms with Gasteiger partial charge in [0.1, 0.15) is 5.82 Å². The van der Waals surface area contributed by atoms with Crippen LogP contribution in [0.1, 0.15) is 19.8 Å². The monoisotopic (exact) mass is 221 g/mol. The number of aromatic nitrogens is 1. The van der Waals surface area contributed by atoms with E-state index >= 15 is 0 Å². The summed E-state index contributed by atoms with van der Waals surface area (Å²) in [6.45, 7) is 2.42. The largest absolute Gasteiger partial charge is 0.490 e. The van der Waals surface area contributed by atoms with E-state index in [9.17, 15) is 4.79 Å². The Kier molecular flexibility index (Phi) is 2.94. The second kappa shape index (κ2) is 4.38. The van der Waals surface area contributed by atoms with Gasteiger partial charge in [-0.2, -0.15) is 0 Å². The molecule has 1 fully saturated rings. The molecule has 0 atom stereocenters. The van der Waals surface area contributed by atoms with E-state index in [1.54, 1.807) is 6.07 Å². The minimum absolute atomic E-state index is 0.0241. The van der Waals surface area contributed by atoms with Crippen LogP contribution in [0.25, 0.3) is 0 Å². The van der Waals surface area contributed by atoms with E-state index in [1.807, 2.05) is 6.92 Å². The normalized spacial score (nSPS) is 14.6. The van der Waals surface area contributed by atoms with Gasteiger partial charge in [0.05, 0.1) is 18.5 Å². The Labute approximate surface area is 94.0 Å². The number of hydrogen-bond acceptors (Lipinski definition) is 4. The zero-order valence-corrected chi connectivity index (χ0v) is 9.19. The lowest BCUT2D eigenvalue weighted by atomic mass is 10.3. The molecule has 0 aliphatic heterocycles. The fourth-order valence-electron chi connectivity index (χ4n) is 1.38. The molecule has 1 aliphatic rings. The molecule has 5 nitrogen and oxygen atoms in total. The van der Waals surface area contributed by atoms with Crippen molar-refractivity contribution in [2.45, 2.75) is 19.8 Å². The topological polar surface area (TPSA) is 77.2 Å². The Morgan fingerprint density at radius 3 is 3.00 bits per heavy atom. The maximum absolute atomic E-state index is 11.5. The van der Waals surface area contributed by atoms with Crippen molar-refractivity contribution in [3.8, 4) is 5.75 Å². The minimum atomic E-state index is 0.0241. The third-order valence-electron chi connectivity index (χ3n) is 2.40. The molecule has 2 rings (SSSR count). The number of hydrogen-bond donors (Lipinski definition) is 2. The van der Waals surface area contributed by atoms with Gasteiger partial charge in [-0.05, 0) is 19.8 Å². The Bertz CT molecular complexity index is 402. The number of carbonyl (C=O) groups excluding carboxylic acids is 1. The quantitative estimate of drug-likeness (QED) is 0.805. The number of nitrogens with one attached hydrogen (secondary N) is 1. The maximum Gasteiger partial charge on any atom is 0.228 e. The first-order valence-electron chi connectivity index (χ1n) is 5.40. The van der Waals surface area contributed by atoms with Crippen molar-refractivity contribution < 1.29 is 9.53 Å². The Morgan fingerprint density at radius 2 is 2.44 bits per heavy atom. The summed E-state index contributed by atoms with van der Waals surface area (Å²) in [6.07, 6.45) is 3.47. The Balaban J connectivity index is 2.04. The molecule has 0 spiro atoms. The van der Waals surface area contributed by atoms with Crippen molar-refractivity contribution >= 4 is 17.4 Å². The van der Waals surface area contributed by atoms with Gasteiger partial charge in [0.25, 0.3) is 0 Å². The molecule has 0 bridgehead atoms. The fourth-order valence-corrected chi connectivity index (χ4v) is 1.38. The number of nitrogens with zero attached hydrogens (tertiary/aromatic N) is 1. The SMILES string of the molecule is CCOc1cnc(NC(=O)C2CC2)cc1N. The zero-order chi connectivity index (χ0) is 11.5. The number of pyridine rings is 1. The number of amides is 1. The van der Waals surface area contributed by atoms with E-state index in [4.69, 9.17) is 10.5 Å². The van der Waals surface area contributed by atoms with E-state index in [1.165, 1.54) is 6.20 Å². The molecule has 16 heavy (non-hydrogen) atoms. The zero-order valence-electron chi connectivity index (χ0n) is 9.19. The Morgan fingerprint density at radius 1 is 1.69 bits per heavy atom. The average molecular weight is 221 g/mol. The summed E-state index contributed by atoms with van der Waals surface area (Å²) in [7, 11) is 0. The predicted molar refractivity (Wildman–Crippen MR) is 61.2 cm³/mol. The van der Waals surface area contributed by atoms with Crippen molar-refractivity contribution in [3.05, 3.63) is 12.3 Å². The second-order valence-corrected chi connectivity index (χ2v) is 3.80. The lowest BCUT2D eigenvalue weighted by Gasteiger charge is -2.08. The highest BCUT2D eigenvalue weighted by molar-refractivity contribution is 5.93. The van der Waals surface area contributed by atoms with E-state index in [0.29, 0.717) is 23.9 Å². The van der Waals surface area contributed by atoms with Crippen LogP contribution in [-0.2, 0) is 4.79 Å². The standard InChI is InChI=1S/C11H15N3O2/c1-2-16-9-6-13-10(5-8(9)12)14-11(15)7-3-4-7/h5-7H,2-4H2,1H3,(H3,12,13,14,15). The number of nitrogen functional groups attached to an aromatic ring is 1. The number of carbonyl (C=O) groups is 1. The van der Waals surface area contributed by atoms with Crippen LogP contribution >= 0.6 is 0 Å². The summed E-state index contributed by atoms with van der Waals surface area (Å²) in [5, 5.41) is 2.73. The van der Waals surface area contributed by atoms with Crippen LogP contribution in [0.2, 0.25) is 0 Å². The van der Waals surface area contributed by atoms with Crippen LogP contribution in [-0.4, -0.2) is 17.5 Å². The summed E-state index contributed by atoms with van der Waals surface area (Å²) in [5.74, 6) is 1.22. The van der Waals surface area contributed by atoms with Crippen molar-refractivity contribution in [2.75, 3.05) is 17.7 Å². The first-order chi connectivity index (χ1) is 7.70. The molecule has 0 unspecified atom stereocenters. The molecule has 1 amide bonds. The van der Waals surface area contributed by atoms with Crippen molar-refractivity contribution in [2.24, 2.45) is 5.92 Å². The van der Waals surface area contributed by atoms with Crippen LogP contribution in [0.5, 0.6) is 5.75 Å². The van der Waals surface area contributed by atoms with Gasteiger partial charge in [0, 0.05) is 12.0 Å². The van der Waals surface area contributed by atoms with Crippen LogP contribution < -0.4 is 15.8 Å². The highest BCUT2D eigenvalue weighted by Gasteiger charge is 2.29. The van der Waals surface area contributed by atoms with Crippen LogP contribution in [0.15, 0.2) is 12.3 Å². The molecule has 1 aliphatic carbocycles. The molecule has 1 saturated carbocycles. The Hall–Kier alpha value is -1.78. The molecule has 1 aromatic rings. The molecule has 0 radical (unpaired) electrons. The van der Waals surface area contributed by atoms with Gasteiger partial charge < -0.3 is 15.8 Å². The smallest absolute Gasteiger partial charge is 0.228 e. The molecular formula is C11H15N3O2. The number of ether oxygens (including phenoxy) is 1. The van der Waals surface area contributed by atoms with Crippen molar-refractivity contribution in [1.82, 2.24) is 4.98 Å². The lowest BCUT2D eigenvalue weighted by Crippen LogP contribution is -2.14. The van der Waals surface area contributed by atoms with E-state index in [2.05, 4.69) is 10.3 Å². The summed E-state index contributed by atoms with van der Waals surface area (Å²) in [4.78, 5) is 15.5. The first-order valence-corrected chi connectivity index (χ1v) is 5.40. The molecule has 1 aromatic heterocycles. The van der Waals surface area contributed by atoms with Gasteiger partial charge in [-0.3, -0.25) is 4.79 Å². The van der Waals surface area contributed by atoms with Gasteiger partial charge in [-0.25, -0.2) is 4.98 Å². The van der Waals surface area contributed by atoms with Crippen molar-refractivity contribution in [3.63, 3.8) is 0 Å². The highest BCUT2D eigenvalue weighted by atomic mass is 16.5. The fraction of sp³-hybridized carbons (Fsp3) is 0.455. The van der Waals surface area contributed by atoms with Crippen LogP contribution in [0.4, 0.5) is 11.5 Å². The number of rotatable bonds is 4. The van der Waals surface area contributed by atoms with Gasteiger partial charge in [-0.15, -0.1) is 0 Å². The van der Waals surface area contributed by atoms with Crippen LogP contribution in [0, 0.1) is 5.92 Å². The molecular weight excluding hydrogens is 206 g/mol. The summed E-state index contributed by atoms with van der Waals surface area (Å²) in [5.41, 5.74) is 6.25. The number of anilines is 2. The summed E-state index contributed by atoms with van der Waals surface area (Å²) in [6, 6.07) is 1.62. The molecule has 5 heteroatoms. The molecule has 0 aromatic carbocycles. The third-order valence-corrected chi connectivity index (χ3v) is 2.40. The molecule has 0 saturated heterocycles. The second-order valence-electron chi connectivity index (χ2n) is 3.80. The molecule has 86 valence electrons. The van der Waals surface area contributed by atoms with Gasteiger partial charge >= 0.3 is 0 Å². The minimum Gasteiger partial charge on any atom is -0.490 e.